The van der Waals surface area contributed by atoms with Crippen LogP contribution < -0.4 is 0 Å². The highest BCUT2D eigenvalue weighted by atomic mass is 32.1. The molecule has 3 aromatic heterocycles. The number of hydrogen-bond donors (Lipinski definition) is 0. The van der Waals surface area contributed by atoms with Gasteiger partial charge in [0, 0.05) is 32.0 Å². The molecule has 0 saturated carbocycles. The number of rotatable bonds is 5. The van der Waals surface area contributed by atoms with E-state index in [-0.39, 0.29) is 0 Å². The molecule has 3 nitrogen and oxygen atoms in total. The summed E-state index contributed by atoms with van der Waals surface area (Å²) in [4.78, 5) is 10.9. The Bertz CT molecular complexity index is 3160. The van der Waals surface area contributed by atoms with Crippen molar-refractivity contribution >= 4 is 64.4 Å². The van der Waals surface area contributed by atoms with Gasteiger partial charge in [0.15, 0.2) is 5.82 Å². The first-order valence-corrected chi connectivity index (χ1v) is 19.0. The van der Waals surface area contributed by atoms with Gasteiger partial charge in [0.25, 0.3) is 0 Å². The summed E-state index contributed by atoms with van der Waals surface area (Å²) in [7, 11) is 0. The first kappa shape index (κ1) is 30.7. The Labute approximate surface area is 315 Å². The molecule has 0 spiro atoms. The molecule has 0 aliphatic rings. The number of fused-ring (bicyclic) bond motifs is 7. The van der Waals surface area contributed by atoms with Crippen LogP contribution in [0.2, 0.25) is 0 Å². The molecule has 11 rings (SSSR count). The molecule has 0 atom stereocenters. The fourth-order valence-corrected chi connectivity index (χ4v) is 8.98. The second kappa shape index (κ2) is 12.4. The number of thiophene rings is 1. The van der Waals surface area contributed by atoms with E-state index in [0.717, 1.165) is 82.2 Å². The minimum atomic E-state index is 0.678. The first-order valence-electron chi connectivity index (χ1n) is 18.1. The summed E-state index contributed by atoms with van der Waals surface area (Å²) in [5, 5.41) is 5.64. The summed E-state index contributed by atoms with van der Waals surface area (Å²) in [6.07, 6.45) is 0. The fraction of sp³-hybridized carbons (Fsp3) is 0. The van der Waals surface area contributed by atoms with Gasteiger partial charge in [0.05, 0.1) is 15.9 Å². The van der Waals surface area contributed by atoms with E-state index in [4.69, 9.17) is 14.4 Å². The molecule has 8 aromatic carbocycles. The first-order chi connectivity index (χ1) is 26.7. The quantitative estimate of drug-likeness (QED) is 0.179. The molecule has 3 heterocycles. The molecule has 4 heteroatoms. The van der Waals surface area contributed by atoms with Crippen LogP contribution in [0.5, 0.6) is 0 Å². The molecule has 0 amide bonds. The van der Waals surface area contributed by atoms with E-state index in [2.05, 4.69) is 170 Å². The summed E-state index contributed by atoms with van der Waals surface area (Å²) in [6, 6.07) is 64.5. The molecule has 0 saturated heterocycles. The van der Waals surface area contributed by atoms with Crippen LogP contribution in [0.15, 0.2) is 186 Å². The lowest BCUT2D eigenvalue weighted by atomic mass is 9.94. The smallest absolute Gasteiger partial charge is 0.161 e. The molecule has 54 heavy (non-hydrogen) atoms. The summed E-state index contributed by atoms with van der Waals surface area (Å²) >= 11 is 1.75. The van der Waals surface area contributed by atoms with Crippen LogP contribution in [0.4, 0.5) is 0 Å². The van der Waals surface area contributed by atoms with E-state index in [0.29, 0.717) is 5.82 Å². The van der Waals surface area contributed by atoms with Gasteiger partial charge in [-0.1, -0.05) is 133 Å². The zero-order valence-corrected chi connectivity index (χ0v) is 29.8. The minimum absolute atomic E-state index is 0.678. The van der Waals surface area contributed by atoms with Crippen molar-refractivity contribution < 1.29 is 4.42 Å². The number of nitrogens with zero attached hydrogens (tertiary/aromatic N) is 2. The number of hydrogen-bond acceptors (Lipinski definition) is 4. The summed E-state index contributed by atoms with van der Waals surface area (Å²) < 4.78 is 8.77. The van der Waals surface area contributed by atoms with Crippen LogP contribution in [0.1, 0.15) is 0 Å². The third kappa shape index (κ3) is 5.11. The molecular formula is C50H30N2OS. The topological polar surface area (TPSA) is 38.9 Å². The maximum absolute atomic E-state index is 6.51. The van der Waals surface area contributed by atoms with Gasteiger partial charge in [-0.25, -0.2) is 9.97 Å². The van der Waals surface area contributed by atoms with Crippen molar-refractivity contribution in [3.63, 3.8) is 0 Å². The van der Waals surface area contributed by atoms with E-state index in [1.54, 1.807) is 11.3 Å². The van der Waals surface area contributed by atoms with Gasteiger partial charge < -0.3 is 4.42 Å². The van der Waals surface area contributed by atoms with E-state index in [1.807, 2.05) is 12.1 Å². The Balaban J connectivity index is 1.17. The molecule has 0 N–H and O–H groups in total. The maximum Gasteiger partial charge on any atom is 0.161 e. The zero-order chi connectivity index (χ0) is 35.6. The van der Waals surface area contributed by atoms with Crippen molar-refractivity contribution in [2.75, 3.05) is 0 Å². The van der Waals surface area contributed by atoms with Gasteiger partial charge in [-0.3, -0.25) is 0 Å². The largest absolute Gasteiger partial charge is 0.456 e. The van der Waals surface area contributed by atoms with Crippen molar-refractivity contribution in [3.05, 3.63) is 182 Å². The highest BCUT2D eigenvalue weighted by Gasteiger charge is 2.21. The SMILES string of the molecule is c1ccc(-c2cc(-c3ccccc3)cc(-c3nc(-c4cccc5oc6ccc(-c7ccc8ccccc8c7)cc6c45)nc4c3sc3ccccc34)c2)cc1. The average molecular weight is 707 g/mol. The molecule has 0 radical (unpaired) electrons. The molecule has 0 unspecified atom stereocenters. The van der Waals surface area contributed by atoms with Gasteiger partial charge in [0.2, 0.25) is 0 Å². The van der Waals surface area contributed by atoms with Crippen molar-refractivity contribution in [2.45, 2.75) is 0 Å². The number of benzene rings is 8. The van der Waals surface area contributed by atoms with Crippen LogP contribution >= 0.6 is 11.3 Å². The number of aromatic nitrogens is 2. The van der Waals surface area contributed by atoms with Gasteiger partial charge in [-0.15, -0.1) is 11.3 Å². The zero-order valence-electron chi connectivity index (χ0n) is 29.0. The van der Waals surface area contributed by atoms with Crippen LogP contribution in [0, 0.1) is 0 Å². The van der Waals surface area contributed by atoms with Crippen molar-refractivity contribution in [2.24, 2.45) is 0 Å². The van der Waals surface area contributed by atoms with Crippen molar-refractivity contribution in [1.29, 1.82) is 0 Å². The van der Waals surface area contributed by atoms with Gasteiger partial charge >= 0.3 is 0 Å². The van der Waals surface area contributed by atoms with E-state index in [1.165, 1.54) is 21.0 Å². The predicted octanol–water partition coefficient (Wildman–Crippen LogP) is 14.2. The van der Waals surface area contributed by atoms with Crippen LogP contribution in [0.3, 0.4) is 0 Å². The highest BCUT2D eigenvalue weighted by molar-refractivity contribution is 7.26. The lowest BCUT2D eigenvalue weighted by Crippen LogP contribution is -1.95. The molecule has 0 aliphatic heterocycles. The molecular weight excluding hydrogens is 677 g/mol. The maximum atomic E-state index is 6.51. The van der Waals surface area contributed by atoms with E-state index < -0.39 is 0 Å². The molecule has 0 aliphatic carbocycles. The Hall–Kier alpha value is -6.88. The fourth-order valence-electron chi connectivity index (χ4n) is 7.83. The highest BCUT2D eigenvalue weighted by Crippen LogP contribution is 2.44. The van der Waals surface area contributed by atoms with Gasteiger partial charge in [-0.2, -0.15) is 0 Å². The normalized spacial score (nSPS) is 11.7. The van der Waals surface area contributed by atoms with Crippen LogP contribution in [-0.2, 0) is 0 Å². The lowest BCUT2D eigenvalue weighted by molar-refractivity contribution is 0.669. The van der Waals surface area contributed by atoms with Crippen LogP contribution in [0.25, 0.3) is 109 Å². The van der Waals surface area contributed by atoms with Gasteiger partial charge in [-0.05, 0) is 92.7 Å². The minimum Gasteiger partial charge on any atom is -0.456 e. The number of furan rings is 1. The molecule has 252 valence electrons. The standard InChI is InChI=1S/C50H30N2OS/c1-3-12-31(13-4-1)37-27-38(32-14-5-2-6-15-32)29-39(28-37)47-49-48(40-18-9-10-21-45(40)54-49)52-50(51-47)41-19-11-20-44-46(41)42-30-36(24-25-43(42)53-44)35-23-22-33-16-7-8-17-34(33)26-35/h1-30H. The molecule has 0 bridgehead atoms. The monoisotopic (exact) mass is 706 g/mol. The summed E-state index contributed by atoms with van der Waals surface area (Å²) in [5.74, 6) is 0.678. The van der Waals surface area contributed by atoms with Gasteiger partial charge in [0.1, 0.15) is 11.2 Å². The van der Waals surface area contributed by atoms with E-state index >= 15 is 0 Å². The predicted molar refractivity (Wildman–Crippen MR) is 227 cm³/mol. The second-order valence-electron chi connectivity index (χ2n) is 13.8. The average Bonchev–Trinajstić information content (AvgIpc) is 3.82. The summed E-state index contributed by atoms with van der Waals surface area (Å²) in [5.41, 5.74) is 12.5. The third-order valence-corrected chi connectivity index (χ3v) is 11.6. The Morgan fingerprint density at radius 1 is 0.407 bits per heavy atom. The van der Waals surface area contributed by atoms with E-state index in [9.17, 15) is 0 Å². The lowest BCUT2D eigenvalue weighted by Gasteiger charge is -2.13. The Morgan fingerprint density at radius 3 is 1.87 bits per heavy atom. The summed E-state index contributed by atoms with van der Waals surface area (Å²) in [6.45, 7) is 0. The second-order valence-corrected chi connectivity index (χ2v) is 14.8. The van der Waals surface area contributed by atoms with Crippen LogP contribution in [-0.4, -0.2) is 9.97 Å². The third-order valence-electron chi connectivity index (χ3n) is 10.5. The molecule has 11 aromatic rings. The molecule has 0 fully saturated rings. The van der Waals surface area contributed by atoms with Crippen molar-refractivity contribution in [1.82, 2.24) is 9.97 Å². The van der Waals surface area contributed by atoms with Crippen molar-refractivity contribution in [3.8, 4) is 56.0 Å². The Morgan fingerprint density at radius 2 is 1.07 bits per heavy atom. The Kier molecular flexibility index (Phi) is 7.04.